The quantitative estimate of drug-likeness (QED) is 0.796. The highest BCUT2D eigenvalue weighted by molar-refractivity contribution is 7.09. The molecule has 0 aliphatic rings. The Bertz CT molecular complexity index is 505. The number of nitrogen functional groups attached to an aromatic ring is 1. The summed E-state index contributed by atoms with van der Waals surface area (Å²) in [5.41, 5.74) is 7.51. The summed E-state index contributed by atoms with van der Waals surface area (Å²) in [6.45, 7) is 0.709. The Morgan fingerprint density at radius 2 is 1.95 bits per heavy atom. The van der Waals surface area contributed by atoms with Crippen LogP contribution >= 0.6 is 11.3 Å². The lowest BCUT2D eigenvalue weighted by molar-refractivity contribution is -0.121. The van der Waals surface area contributed by atoms with E-state index in [0.29, 0.717) is 13.0 Å². The zero-order valence-corrected chi connectivity index (χ0v) is 11.6. The van der Waals surface area contributed by atoms with E-state index in [1.807, 2.05) is 30.3 Å². The number of thiophene rings is 1. The van der Waals surface area contributed by atoms with Crippen LogP contribution < -0.4 is 11.1 Å². The van der Waals surface area contributed by atoms with E-state index in [1.54, 1.807) is 11.3 Å². The van der Waals surface area contributed by atoms with Gasteiger partial charge in [0.15, 0.2) is 0 Å². The predicted molar refractivity (Wildman–Crippen MR) is 80.2 cm³/mol. The lowest BCUT2D eigenvalue weighted by Gasteiger charge is -2.05. The van der Waals surface area contributed by atoms with Crippen LogP contribution in [-0.2, 0) is 17.6 Å². The zero-order valence-electron chi connectivity index (χ0n) is 10.8. The van der Waals surface area contributed by atoms with Crippen molar-refractivity contribution in [1.29, 1.82) is 0 Å². The van der Waals surface area contributed by atoms with Gasteiger partial charge in [0.05, 0.1) is 0 Å². The lowest BCUT2D eigenvalue weighted by atomic mass is 10.1. The minimum absolute atomic E-state index is 0.105. The van der Waals surface area contributed by atoms with Crippen LogP contribution in [0.2, 0.25) is 0 Å². The Morgan fingerprint density at radius 3 is 2.63 bits per heavy atom. The number of carbonyl (C=O) groups excluding carboxylic acids is 1. The number of aryl methyl sites for hydroxylation is 1. The van der Waals surface area contributed by atoms with E-state index in [9.17, 15) is 4.79 Å². The van der Waals surface area contributed by atoms with Crippen molar-refractivity contribution in [1.82, 2.24) is 5.32 Å². The van der Waals surface area contributed by atoms with Crippen LogP contribution in [0.15, 0.2) is 41.8 Å². The van der Waals surface area contributed by atoms with Crippen molar-refractivity contribution in [2.75, 3.05) is 12.3 Å². The number of nitrogens with two attached hydrogens (primary N) is 1. The molecule has 2 aromatic rings. The molecule has 4 heteroatoms. The number of amides is 1. The molecular formula is C15H18N2OS. The average Bonchev–Trinajstić information content (AvgIpc) is 2.91. The molecule has 0 fully saturated rings. The molecule has 19 heavy (non-hydrogen) atoms. The highest BCUT2D eigenvalue weighted by Crippen LogP contribution is 2.09. The van der Waals surface area contributed by atoms with E-state index in [1.165, 1.54) is 4.88 Å². The molecule has 3 N–H and O–H groups in total. The fourth-order valence-corrected chi connectivity index (χ4v) is 2.52. The van der Waals surface area contributed by atoms with E-state index >= 15 is 0 Å². The fourth-order valence-electron chi connectivity index (χ4n) is 1.81. The molecule has 1 amide bonds. The Morgan fingerprint density at radius 1 is 1.16 bits per heavy atom. The molecule has 0 radical (unpaired) electrons. The zero-order chi connectivity index (χ0) is 13.5. The van der Waals surface area contributed by atoms with Gasteiger partial charge in [-0.2, -0.15) is 0 Å². The third kappa shape index (κ3) is 4.75. The number of nitrogens with one attached hydrogen (secondary N) is 1. The largest absolute Gasteiger partial charge is 0.399 e. The van der Waals surface area contributed by atoms with Crippen molar-refractivity contribution in [3.8, 4) is 0 Å². The van der Waals surface area contributed by atoms with Crippen LogP contribution in [0.3, 0.4) is 0 Å². The summed E-state index contributed by atoms with van der Waals surface area (Å²) in [6.07, 6.45) is 2.19. The van der Waals surface area contributed by atoms with Gasteiger partial charge in [-0.05, 0) is 42.0 Å². The number of anilines is 1. The number of hydrogen-bond donors (Lipinski definition) is 2. The Kier molecular flexibility index (Phi) is 4.98. The summed E-state index contributed by atoms with van der Waals surface area (Å²) in [4.78, 5) is 13.0. The lowest BCUT2D eigenvalue weighted by Crippen LogP contribution is -2.25. The molecular weight excluding hydrogens is 256 g/mol. The van der Waals surface area contributed by atoms with Crippen molar-refractivity contribution in [2.24, 2.45) is 0 Å². The summed E-state index contributed by atoms with van der Waals surface area (Å²) in [7, 11) is 0. The second kappa shape index (κ2) is 6.95. The van der Waals surface area contributed by atoms with Crippen LogP contribution in [0.4, 0.5) is 5.69 Å². The van der Waals surface area contributed by atoms with E-state index in [0.717, 1.165) is 24.1 Å². The fraction of sp³-hybridized carbons (Fsp3) is 0.267. The highest BCUT2D eigenvalue weighted by atomic mass is 32.1. The number of carbonyl (C=O) groups is 1. The van der Waals surface area contributed by atoms with Crippen LogP contribution in [0, 0.1) is 0 Å². The van der Waals surface area contributed by atoms with Gasteiger partial charge in [-0.25, -0.2) is 0 Å². The third-order valence-electron chi connectivity index (χ3n) is 2.89. The van der Waals surface area contributed by atoms with Gasteiger partial charge in [0.25, 0.3) is 0 Å². The first-order valence-corrected chi connectivity index (χ1v) is 7.25. The minimum Gasteiger partial charge on any atom is -0.399 e. The smallest absolute Gasteiger partial charge is 0.220 e. The Hall–Kier alpha value is -1.81. The first kappa shape index (κ1) is 13.6. The van der Waals surface area contributed by atoms with Gasteiger partial charge < -0.3 is 11.1 Å². The summed E-state index contributed by atoms with van der Waals surface area (Å²) < 4.78 is 0. The topological polar surface area (TPSA) is 55.1 Å². The summed E-state index contributed by atoms with van der Waals surface area (Å²) in [6, 6.07) is 11.8. The minimum atomic E-state index is 0.105. The molecule has 0 saturated carbocycles. The number of benzene rings is 1. The van der Waals surface area contributed by atoms with Crippen molar-refractivity contribution in [2.45, 2.75) is 19.3 Å². The molecule has 0 spiro atoms. The Labute approximate surface area is 117 Å². The van der Waals surface area contributed by atoms with Crippen molar-refractivity contribution >= 4 is 22.9 Å². The molecule has 0 aliphatic carbocycles. The van der Waals surface area contributed by atoms with Crippen LogP contribution in [-0.4, -0.2) is 12.5 Å². The normalized spacial score (nSPS) is 10.3. The predicted octanol–water partition coefficient (Wildman–Crippen LogP) is 2.62. The molecule has 0 atom stereocenters. The molecule has 1 aromatic heterocycles. The van der Waals surface area contributed by atoms with E-state index in [2.05, 4.69) is 16.8 Å². The van der Waals surface area contributed by atoms with Crippen LogP contribution in [0.1, 0.15) is 16.9 Å². The molecule has 3 nitrogen and oxygen atoms in total. The van der Waals surface area contributed by atoms with E-state index in [-0.39, 0.29) is 5.91 Å². The number of hydrogen-bond acceptors (Lipinski definition) is 3. The van der Waals surface area contributed by atoms with Gasteiger partial charge >= 0.3 is 0 Å². The van der Waals surface area contributed by atoms with Crippen LogP contribution in [0.5, 0.6) is 0 Å². The first-order chi connectivity index (χ1) is 9.24. The molecule has 0 bridgehead atoms. The second-order valence-corrected chi connectivity index (χ2v) is 5.45. The second-order valence-electron chi connectivity index (χ2n) is 4.42. The molecule has 100 valence electrons. The van der Waals surface area contributed by atoms with Crippen LogP contribution in [0.25, 0.3) is 0 Å². The van der Waals surface area contributed by atoms with Crippen molar-refractivity contribution < 1.29 is 4.79 Å². The SMILES string of the molecule is Nc1ccc(CCC(=O)NCCc2cccs2)cc1. The van der Waals surface area contributed by atoms with Gasteiger partial charge in [0.1, 0.15) is 0 Å². The van der Waals surface area contributed by atoms with Crippen molar-refractivity contribution in [3.05, 3.63) is 52.2 Å². The van der Waals surface area contributed by atoms with Gasteiger partial charge in [0, 0.05) is 23.5 Å². The molecule has 2 rings (SSSR count). The molecule has 0 unspecified atom stereocenters. The van der Waals surface area contributed by atoms with Gasteiger partial charge in [-0.3, -0.25) is 4.79 Å². The highest BCUT2D eigenvalue weighted by Gasteiger charge is 2.02. The first-order valence-electron chi connectivity index (χ1n) is 6.37. The molecule has 1 heterocycles. The average molecular weight is 274 g/mol. The number of rotatable bonds is 6. The van der Waals surface area contributed by atoms with Gasteiger partial charge in [-0.15, -0.1) is 11.3 Å². The molecule has 0 saturated heterocycles. The van der Waals surface area contributed by atoms with E-state index < -0.39 is 0 Å². The third-order valence-corrected chi connectivity index (χ3v) is 3.83. The molecule has 1 aromatic carbocycles. The maximum atomic E-state index is 11.7. The maximum absolute atomic E-state index is 11.7. The van der Waals surface area contributed by atoms with Gasteiger partial charge in [0.2, 0.25) is 5.91 Å². The monoisotopic (exact) mass is 274 g/mol. The van der Waals surface area contributed by atoms with Crippen molar-refractivity contribution in [3.63, 3.8) is 0 Å². The standard InChI is InChI=1S/C15H18N2OS/c16-13-6-3-12(4-7-13)5-8-15(18)17-10-9-14-2-1-11-19-14/h1-4,6-7,11H,5,8-10,16H2,(H,17,18). The van der Waals surface area contributed by atoms with E-state index in [4.69, 9.17) is 5.73 Å². The Balaban J connectivity index is 1.65. The van der Waals surface area contributed by atoms with Gasteiger partial charge in [-0.1, -0.05) is 18.2 Å². The summed E-state index contributed by atoms with van der Waals surface area (Å²) in [5.74, 6) is 0.105. The maximum Gasteiger partial charge on any atom is 0.220 e. The molecule has 0 aliphatic heterocycles. The summed E-state index contributed by atoms with van der Waals surface area (Å²) in [5, 5.41) is 5.00. The summed E-state index contributed by atoms with van der Waals surface area (Å²) >= 11 is 1.72.